The number of hydrogen-bond acceptors (Lipinski definition) is 3. The van der Waals surface area contributed by atoms with Crippen molar-refractivity contribution in [2.75, 3.05) is 27.2 Å². The molecule has 1 aromatic rings. The quantitative estimate of drug-likeness (QED) is 0.782. The fourth-order valence-corrected chi connectivity index (χ4v) is 1.55. The predicted octanol–water partition coefficient (Wildman–Crippen LogP) is 1.49. The predicted molar refractivity (Wildman–Crippen MR) is 81.6 cm³/mol. The number of nitrogens with one attached hydrogen (secondary N) is 2. The van der Waals surface area contributed by atoms with Gasteiger partial charge in [-0.2, -0.15) is 0 Å². The first kappa shape index (κ1) is 17.1. The molecule has 1 atom stereocenters. The van der Waals surface area contributed by atoms with E-state index in [0.29, 0.717) is 23.9 Å². The van der Waals surface area contributed by atoms with Crippen molar-refractivity contribution in [2.45, 2.75) is 13.0 Å². The Bertz CT molecular complexity index is 477. The van der Waals surface area contributed by atoms with E-state index in [1.165, 1.54) is 4.90 Å². The summed E-state index contributed by atoms with van der Waals surface area (Å²) < 4.78 is 5.48. The van der Waals surface area contributed by atoms with Crippen LogP contribution < -0.4 is 15.4 Å². The molecule has 1 rings (SSSR count). The third kappa shape index (κ3) is 6.35. The van der Waals surface area contributed by atoms with E-state index < -0.39 is 6.10 Å². The molecule has 0 saturated carbocycles. The number of hydrogen-bond donors (Lipinski definition) is 2. The number of ether oxygens (including phenoxy) is 1. The molecular weight excluding hydrogens is 294 g/mol. The molecule has 7 heteroatoms. The van der Waals surface area contributed by atoms with Gasteiger partial charge in [0.1, 0.15) is 5.75 Å². The van der Waals surface area contributed by atoms with Crippen molar-refractivity contribution in [1.29, 1.82) is 0 Å². The highest BCUT2D eigenvalue weighted by molar-refractivity contribution is 6.30. The van der Waals surface area contributed by atoms with E-state index in [1.807, 2.05) is 0 Å². The van der Waals surface area contributed by atoms with Gasteiger partial charge in [-0.1, -0.05) is 11.6 Å². The van der Waals surface area contributed by atoms with Gasteiger partial charge in [0.05, 0.1) is 0 Å². The number of nitrogens with zero attached hydrogens (tertiary/aromatic N) is 1. The fourth-order valence-electron chi connectivity index (χ4n) is 1.43. The van der Waals surface area contributed by atoms with E-state index in [1.54, 1.807) is 45.3 Å². The van der Waals surface area contributed by atoms with Crippen molar-refractivity contribution in [3.63, 3.8) is 0 Å². The van der Waals surface area contributed by atoms with Crippen LogP contribution in [-0.2, 0) is 4.79 Å². The lowest BCUT2D eigenvalue weighted by Gasteiger charge is -2.15. The maximum Gasteiger partial charge on any atom is 0.316 e. The van der Waals surface area contributed by atoms with E-state index in [9.17, 15) is 9.59 Å². The first-order valence-electron chi connectivity index (χ1n) is 6.55. The summed E-state index contributed by atoms with van der Waals surface area (Å²) in [5, 5.41) is 5.94. The zero-order chi connectivity index (χ0) is 15.8. The molecular formula is C14H20ClN3O3. The van der Waals surface area contributed by atoms with Gasteiger partial charge >= 0.3 is 6.03 Å². The number of carbonyl (C=O) groups excluding carboxylic acids is 2. The maximum atomic E-state index is 11.8. The zero-order valence-corrected chi connectivity index (χ0v) is 13.1. The molecule has 0 heterocycles. The molecule has 0 spiro atoms. The molecule has 0 fully saturated rings. The van der Waals surface area contributed by atoms with E-state index in [0.717, 1.165) is 0 Å². The number of amides is 3. The number of rotatable bonds is 6. The highest BCUT2D eigenvalue weighted by atomic mass is 35.5. The zero-order valence-electron chi connectivity index (χ0n) is 12.4. The monoisotopic (exact) mass is 313 g/mol. The molecule has 0 saturated heterocycles. The van der Waals surface area contributed by atoms with Crippen molar-refractivity contribution in [3.8, 4) is 5.75 Å². The molecule has 0 aromatic heterocycles. The van der Waals surface area contributed by atoms with E-state index >= 15 is 0 Å². The molecule has 0 bridgehead atoms. The largest absolute Gasteiger partial charge is 0.481 e. The Balaban J connectivity index is 2.28. The molecule has 0 aliphatic carbocycles. The van der Waals surface area contributed by atoms with Crippen LogP contribution in [-0.4, -0.2) is 50.1 Å². The third-order valence-corrected chi connectivity index (χ3v) is 2.85. The molecule has 0 aliphatic heterocycles. The molecule has 0 aliphatic rings. The van der Waals surface area contributed by atoms with Crippen molar-refractivity contribution >= 4 is 23.5 Å². The molecule has 1 aromatic carbocycles. The number of urea groups is 1. The Morgan fingerprint density at radius 2 is 1.76 bits per heavy atom. The number of halogens is 1. The molecule has 6 nitrogen and oxygen atoms in total. The van der Waals surface area contributed by atoms with Crippen LogP contribution in [0.25, 0.3) is 0 Å². The van der Waals surface area contributed by atoms with E-state index in [-0.39, 0.29) is 11.9 Å². The average molecular weight is 314 g/mol. The minimum Gasteiger partial charge on any atom is -0.481 e. The van der Waals surface area contributed by atoms with Gasteiger partial charge in [0.2, 0.25) is 0 Å². The Morgan fingerprint density at radius 3 is 2.33 bits per heavy atom. The Hall–Kier alpha value is -1.95. The summed E-state index contributed by atoms with van der Waals surface area (Å²) in [6, 6.07) is 6.58. The highest BCUT2D eigenvalue weighted by Gasteiger charge is 2.14. The second-order valence-electron chi connectivity index (χ2n) is 4.63. The summed E-state index contributed by atoms with van der Waals surface area (Å²) in [5.74, 6) is 0.326. The second-order valence-corrected chi connectivity index (χ2v) is 5.07. The summed E-state index contributed by atoms with van der Waals surface area (Å²) >= 11 is 5.77. The standard InChI is InChI=1S/C14H20ClN3O3/c1-10(21-12-6-4-11(15)5-7-12)13(19)16-8-9-17-14(20)18(2)3/h4-7,10H,8-9H2,1-3H3,(H,16,19)(H,17,20). The minimum absolute atomic E-state index is 0.199. The van der Waals surface area contributed by atoms with Crippen molar-refractivity contribution in [2.24, 2.45) is 0 Å². The summed E-state index contributed by atoms with van der Waals surface area (Å²) in [6.45, 7) is 2.35. The summed E-state index contributed by atoms with van der Waals surface area (Å²) in [6.07, 6.45) is -0.629. The van der Waals surface area contributed by atoms with Crippen LogP contribution in [0.3, 0.4) is 0 Å². The van der Waals surface area contributed by atoms with Gasteiger partial charge < -0.3 is 20.3 Å². The Kier molecular flexibility index (Phi) is 6.81. The van der Waals surface area contributed by atoms with Crippen LogP contribution in [0, 0.1) is 0 Å². The molecule has 116 valence electrons. The van der Waals surface area contributed by atoms with Crippen molar-refractivity contribution in [3.05, 3.63) is 29.3 Å². The Morgan fingerprint density at radius 1 is 1.19 bits per heavy atom. The van der Waals surface area contributed by atoms with Crippen LogP contribution in [0.2, 0.25) is 5.02 Å². The highest BCUT2D eigenvalue weighted by Crippen LogP contribution is 2.16. The lowest BCUT2D eigenvalue weighted by Crippen LogP contribution is -2.42. The first-order chi connectivity index (χ1) is 9.90. The van der Waals surface area contributed by atoms with Crippen molar-refractivity contribution < 1.29 is 14.3 Å². The van der Waals surface area contributed by atoms with Crippen molar-refractivity contribution in [1.82, 2.24) is 15.5 Å². The van der Waals surface area contributed by atoms with Gasteiger partial charge in [-0.25, -0.2) is 4.79 Å². The summed E-state index contributed by atoms with van der Waals surface area (Å²) in [4.78, 5) is 24.5. The first-order valence-corrected chi connectivity index (χ1v) is 6.93. The van der Waals surface area contributed by atoms with Gasteiger partial charge in [0, 0.05) is 32.2 Å². The molecule has 0 radical (unpaired) electrons. The van der Waals surface area contributed by atoms with Gasteiger partial charge in [0.15, 0.2) is 6.10 Å². The molecule has 21 heavy (non-hydrogen) atoms. The third-order valence-electron chi connectivity index (χ3n) is 2.60. The average Bonchev–Trinajstić information content (AvgIpc) is 2.45. The topological polar surface area (TPSA) is 70.7 Å². The molecule has 2 N–H and O–H groups in total. The summed E-state index contributed by atoms with van der Waals surface area (Å²) in [7, 11) is 3.30. The molecule has 1 unspecified atom stereocenters. The van der Waals surface area contributed by atoms with Crippen LogP contribution in [0.4, 0.5) is 4.79 Å². The number of benzene rings is 1. The van der Waals surface area contributed by atoms with E-state index in [4.69, 9.17) is 16.3 Å². The lowest BCUT2D eigenvalue weighted by molar-refractivity contribution is -0.127. The van der Waals surface area contributed by atoms with Crippen LogP contribution in [0.1, 0.15) is 6.92 Å². The number of carbonyl (C=O) groups is 2. The van der Waals surface area contributed by atoms with Gasteiger partial charge in [-0.15, -0.1) is 0 Å². The normalized spacial score (nSPS) is 11.4. The van der Waals surface area contributed by atoms with Gasteiger partial charge in [0.25, 0.3) is 5.91 Å². The van der Waals surface area contributed by atoms with Crippen LogP contribution >= 0.6 is 11.6 Å². The maximum absolute atomic E-state index is 11.8. The van der Waals surface area contributed by atoms with Crippen LogP contribution in [0.15, 0.2) is 24.3 Å². The SMILES string of the molecule is CC(Oc1ccc(Cl)cc1)C(=O)NCCNC(=O)N(C)C. The van der Waals surface area contributed by atoms with Gasteiger partial charge in [-0.3, -0.25) is 4.79 Å². The molecule has 3 amide bonds. The second kappa shape index (κ2) is 8.36. The fraction of sp³-hybridized carbons (Fsp3) is 0.429. The van der Waals surface area contributed by atoms with Gasteiger partial charge in [-0.05, 0) is 31.2 Å². The summed E-state index contributed by atoms with van der Waals surface area (Å²) in [5.41, 5.74) is 0. The Labute approximate surface area is 129 Å². The van der Waals surface area contributed by atoms with Crippen LogP contribution in [0.5, 0.6) is 5.75 Å². The lowest BCUT2D eigenvalue weighted by atomic mass is 10.3. The minimum atomic E-state index is -0.629. The van der Waals surface area contributed by atoms with E-state index in [2.05, 4.69) is 10.6 Å². The smallest absolute Gasteiger partial charge is 0.316 e.